The molecular formula is C20H22F3NO4. The quantitative estimate of drug-likeness (QED) is 0.732. The summed E-state index contributed by atoms with van der Waals surface area (Å²) in [6.45, 7) is 0.0258. The molecule has 0 radical (unpaired) electrons. The molecule has 8 heteroatoms. The number of amides is 1. The molecule has 0 aromatic heterocycles. The van der Waals surface area contributed by atoms with Gasteiger partial charge in [0.05, 0.1) is 26.9 Å². The highest BCUT2D eigenvalue weighted by Crippen LogP contribution is 2.38. The molecule has 0 aliphatic heterocycles. The molecule has 2 aromatic carbocycles. The van der Waals surface area contributed by atoms with Crippen LogP contribution in [0.4, 0.5) is 13.2 Å². The van der Waals surface area contributed by atoms with E-state index < -0.39 is 11.7 Å². The summed E-state index contributed by atoms with van der Waals surface area (Å²) >= 11 is 0. The number of rotatable bonds is 8. The number of aryl methyl sites for hydroxylation is 1. The summed E-state index contributed by atoms with van der Waals surface area (Å²) in [4.78, 5) is 12.1. The zero-order chi connectivity index (χ0) is 20.7. The van der Waals surface area contributed by atoms with Crippen LogP contribution in [0.25, 0.3) is 0 Å². The highest BCUT2D eigenvalue weighted by molar-refractivity contribution is 5.76. The van der Waals surface area contributed by atoms with Crippen LogP contribution in [0.2, 0.25) is 0 Å². The van der Waals surface area contributed by atoms with Crippen LogP contribution in [0.3, 0.4) is 0 Å². The Morgan fingerprint density at radius 1 is 0.964 bits per heavy atom. The molecule has 2 rings (SSSR count). The second-order valence-electron chi connectivity index (χ2n) is 6.01. The number of halogens is 3. The van der Waals surface area contributed by atoms with Gasteiger partial charge in [-0.25, -0.2) is 0 Å². The number of ether oxygens (including phenoxy) is 3. The van der Waals surface area contributed by atoms with Gasteiger partial charge in [0, 0.05) is 13.0 Å². The zero-order valence-corrected chi connectivity index (χ0v) is 15.9. The summed E-state index contributed by atoms with van der Waals surface area (Å²) in [6, 6.07) is 8.38. The summed E-state index contributed by atoms with van der Waals surface area (Å²) in [7, 11) is 4.51. The van der Waals surface area contributed by atoms with Gasteiger partial charge >= 0.3 is 6.18 Å². The Hall–Kier alpha value is -2.90. The van der Waals surface area contributed by atoms with Crippen LogP contribution in [-0.4, -0.2) is 27.2 Å². The Bertz CT molecular complexity index is 796. The Balaban J connectivity index is 1.96. The summed E-state index contributed by atoms with van der Waals surface area (Å²) in [5, 5.41) is 2.63. The number of carbonyl (C=O) groups is 1. The second-order valence-corrected chi connectivity index (χ2v) is 6.01. The van der Waals surface area contributed by atoms with Crippen molar-refractivity contribution in [2.45, 2.75) is 25.6 Å². The first-order valence-corrected chi connectivity index (χ1v) is 8.50. The standard InChI is InChI=1S/C20H22F3NO4/c1-26-16-10-13(11-17(27-2)19(16)28-3)7-8-18(25)24-12-14-5-4-6-15(9-14)20(21,22)23/h4-6,9-11H,7-8,12H2,1-3H3,(H,24,25). The number of methoxy groups -OCH3 is 3. The lowest BCUT2D eigenvalue weighted by Crippen LogP contribution is -2.23. The van der Waals surface area contributed by atoms with E-state index >= 15 is 0 Å². The van der Waals surface area contributed by atoms with E-state index in [1.165, 1.54) is 33.5 Å². The predicted molar refractivity (Wildman–Crippen MR) is 97.7 cm³/mol. The first kappa shape index (κ1) is 21.4. The first-order chi connectivity index (χ1) is 13.3. The SMILES string of the molecule is COc1cc(CCC(=O)NCc2cccc(C(F)(F)F)c2)cc(OC)c1OC. The van der Waals surface area contributed by atoms with Crippen molar-refractivity contribution in [3.05, 3.63) is 53.1 Å². The molecule has 0 heterocycles. The van der Waals surface area contributed by atoms with Crippen molar-refractivity contribution in [2.75, 3.05) is 21.3 Å². The van der Waals surface area contributed by atoms with E-state index in [2.05, 4.69) is 5.32 Å². The van der Waals surface area contributed by atoms with E-state index in [1.807, 2.05) is 0 Å². The monoisotopic (exact) mass is 397 g/mol. The number of hydrogen-bond acceptors (Lipinski definition) is 4. The van der Waals surface area contributed by atoms with Gasteiger partial charge in [-0.15, -0.1) is 0 Å². The van der Waals surface area contributed by atoms with Gasteiger partial charge < -0.3 is 19.5 Å². The molecule has 5 nitrogen and oxygen atoms in total. The third-order valence-corrected chi connectivity index (χ3v) is 4.11. The molecule has 0 fully saturated rings. The second kappa shape index (κ2) is 9.34. The van der Waals surface area contributed by atoms with Crippen LogP contribution in [0.5, 0.6) is 17.2 Å². The number of carbonyl (C=O) groups excluding carboxylic acids is 1. The maximum Gasteiger partial charge on any atom is 0.416 e. The van der Waals surface area contributed by atoms with Crippen LogP contribution < -0.4 is 19.5 Å². The van der Waals surface area contributed by atoms with Gasteiger partial charge in [0.25, 0.3) is 0 Å². The summed E-state index contributed by atoms with van der Waals surface area (Å²) < 4.78 is 54.0. The fourth-order valence-electron chi connectivity index (χ4n) is 2.68. The van der Waals surface area contributed by atoms with Crippen molar-refractivity contribution in [2.24, 2.45) is 0 Å². The minimum Gasteiger partial charge on any atom is -0.493 e. The van der Waals surface area contributed by atoms with Gasteiger partial charge in [0.1, 0.15) is 0 Å². The Kier molecular flexibility index (Phi) is 7.14. The molecule has 0 spiro atoms. The Labute approximate surface area is 161 Å². The van der Waals surface area contributed by atoms with Crippen LogP contribution in [0.1, 0.15) is 23.1 Å². The normalized spacial score (nSPS) is 11.1. The molecule has 0 bridgehead atoms. The van der Waals surface area contributed by atoms with Gasteiger partial charge in [0.15, 0.2) is 11.5 Å². The van der Waals surface area contributed by atoms with Crippen molar-refractivity contribution in [1.29, 1.82) is 0 Å². The third-order valence-electron chi connectivity index (χ3n) is 4.11. The minimum absolute atomic E-state index is 0.0258. The average molecular weight is 397 g/mol. The predicted octanol–water partition coefficient (Wildman–Crippen LogP) is 3.98. The summed E-state index contributed by atoms with van der Waals surface area (Å²) in [5.41, 5.74) is 0.455. The van der Waals surface area contributed by atoms with E-state index in [-0.39, 0.29) is 18.9 Å². The van der Waals surface area contributed by atoms with Gasteiger partial charge in [-0.3, -0.25) is 4.79 Å². The van der Waals surface area contributed by atoms with E-state index in [0.29, 0.717) is 29.2 Å². The van der Waals surface area contributed by atoms with E-state index in [9.17, 15) is 18.0 Å². The Morgan fingerprint density at radius 2 is 1.61 bits per heavy atom. The van der Waals surface area contributed by atoms with Crippen molar-refractivity contribution in [1.82, 2.24) is 5.32 Å². The van der Waals surface area contributed by atoms with Gasteiger partial charge in [-0.1, -0.05) is 12.1 Å². The molecule has 1 amide bonds. The van der Waals surface area contributed by atoms with Gasteiger partial charge in [-0.05, 0) is 41.8 Å². The molecule has 28 heavy (non-hydrogen) atoms. The van der Waals surface area contributed by atoms with Crippen molar-refractivity contribution in [3.8, 4) is 17.2 Å². The maximum absolute atomic E-state index is 12.7. The van der Waals surface area contributed by atoms with Crippen LogP contribution in [0, 0.1) is 0 Å². The molecule has 152 valence electrons. The largest absolute Gasteiger partial charge is 0.493 e. The number of nitrogens with one attached hydrogen (secondary N) is 1. The lowest BCUT2D eigenvalue weighted by molar-refractivity contribution is -0.137. The molecule has 0 aliphatic carbocycles. The van der Waals surface area contributed by atoms with Crippen LogP contribution in [0.15, 0.2) is 36.4 Å². The van der Waals surface area contributed by atoms with Crippen LogP contribution >= 0.6 is 0 Å². The van der Waals surface area contributed by atoms with Crippen molar-refractivity contribution in [3.63, 3.8) is 0 Å². The van der Waals surface area contributed by atoms with Crippen molar-refractivity contribution >= 4 is 5.91 Å². The summed E-state index contributed by atoms with van der Waals surface area (Å²) in [5.74, 6) is 1.16. The number of hydrogen-bond donors (Lipinski definition) is 1. The molecule has 2 aromatic rings. The lowest BCUT2D eigenvalue weighted by atomic mass is 10.1. The van der Waals surface area contributed by atoms with Gasteiger partial charge in [-0.2, -0.15) is 13.2 Å². The minimum atomic E-state index is -4.41. The van der Waals surface area contributed by atoms with E-state index in [1.54, 1.807) is 12.1 Å². The van der Waals surface area contributed by atoms with Gasteiger partial charge in [0.2, 0.25) is 11.7 Å². The molecule has 1 N–H and O–H groups in total. The zero-order valence-electron chi connectivity index (χ0n) is 15.9. The lowest BCUT2D eigenvalue weighted by Gasteiger charge is -2.14. The van der Waals surface area contributed by atoms with E-state index in [0.717, 1.165) is 17.7 Å². The maximum atomic E-state index is 12.7. The highest BCUT2D eigenvalue weighted by Gasteiger charge is 2.30. The highest BCUT2D eigenvalue weighted by atomic mass is 19.4. The number of benzene rings is 2. The fraction of sp³-hybridized carbons (Fsp3) is 0.350. The molecule has 0 unspecified atom stereocenters. The van der Waals surface area contributed by atoms with Crippen LogP contribution in [-0.2, 0) is 23.9 Å². The fourth-order valence-corrected chi connectivity index (χ4v) is 2.68. The summed E-state index contributed by atoms with van der Waals surface area (Å²) in [6.07, 6.45) is -3.84. The molecular weight excluding hydrogens is 375 g/mol. The molecule has 0 atom stereocenters. The smallest absolute Gasteiger partial charge is 0.416 e. The molecule has 0 saturated carbocycles. The van der Waals surface area contributed by atoms with Crippen molar-refractivity contribution < 1.29 is 32.2 Å². The first-order valence-electron chi connectivity index (χ1n) is 8.50. The number of alkyl halides is 3. The molecule has 0 aliphatic rings. The Morgan fingerprint density at radius 3 is 2.14 bits per heavy atom. The van der Waals surface area contributed by atoms with E-state index in [4.69, 9.17) is 14.2 Å². The third kappa shape index (κ3) is 5.55. The molecule has 0 saturated heterocycles. The average Bonchev–Trinajstić information content (AvgIpc) is 2.69. The topological polar surface area (TPSA) is 56.8 Å².